The van der Waals surface area contributed by atoms with Crippen LogP contribution >= 0.6 is 0 Å². The summed E-state index contributed by atoms with van der Waals surface area (Å²) in [4.78, 5) is 24.3. The molecule has 0 aromatic carbocycles. The molecule has 0 aromatic heterocycles. The molecule has 0 radical (unpaired) electrons. The minimum absolute atomic E-state index is 0.125. The van der Waals surface area contributed by atoms with E-state index in [1.165, 1.54) is 141 Å². The third-order valence-electron chi connectivity index (χ3n) is 8.22. The van der Waals surface area contributed by atoms with E-state index >= 15 is 0 Å². The molecule has 0 spiro atoms. The number of carbonyl (C=O) groups excluding carboxylic acids is 2. The number of ether oxygens (including phenoxy) is 2. The summed E-state index contributed by atoms with van der Waals surface area (Å²) in [7, 11) is 0. The van der Waals surface area contributed by atoms with Crippen LogP contribution in [0.15, 0.2) is 0 Å². The molecule has 0 fully saturated rings. The number of hydrogen-bond acceptors (Lipinski definition) is 4. The van der Waals surface area contributed by atoms with Crippen LogP contribution < -0.4 is 0 Å². The Bertz CT molecular complexity index is 571. The molecule has 0 aliphatic heterocycles. The van der Waals surface area contributed by atoms with Crippen molar-refractivity contribution in [2.45, 2.75) is 207 Å². The average molecular weight is 581 g/mol. The summed E-state index contributed by atoms with van der Waals surface area (Å²) in [5, 5.41) is 0. The molecule has 0 saturated heterocycles. The number of rotatable bonds is 32. The van der Waals surface area contributed by atoms with Gasteiger partial charge in [-0.3, -0.25) is 9.59 Å². The lowest BCUT2D eigenvalue weighted by molar-refractivity contribution is -0.152. The average Bonchev–Trinajstić information content (AvgIpc) is 2.96. The molecule has 244 valence electrons. The van der Waals surface area contributed by atoms with Gasteiger partial charge in [0.05, 0.1) is 13.2 Å². The van der Waals surface area contributed by atoms with Gasteiger partial charge >= 0.3 is 11.9 Å². The number of unbranched alkanes of at least 4 members (excludes halogenated alkanes) is 24. The highest BCUT2D eigenvalue weighted by molar-refractivity contribution is 5.69. The first-order valence-electron chi connectivity index (χ1n) is 18.2. The smallest absolute Gasteiger partial charge is 0.305 e. The van der Waals surface area contributed by atoms with Gasteiger partial charge in [0, 0.05) is 18.3 Å². The Hall–Kier alpha value is -1.06. The van der Waals surface area contributed by atoms with Crippen LogP contribution in [0.3, 0.4) is 0 Å². The topological polar surface area (TPSA) is 52.6 Å². The van der Waals surface area contributed by atoms with E-state index in [4.69, 9.17) is 9.47 Å². The van der Waals surface area contributed by atoms with Gasteiger partial charge in [0.2, 0.25) is 0 Å². The highest BCUT2D eigenvalue weighted by Gasteiger charge is 2.22. The zero-order chi connectivity index (χ0) is 30.3. The summed E-state index contributed by atoms with van der Waals surface area (Å²) in [5.74, 6) is -0.252. The molecule has 0 saturated carbocycles. The van der Waals surface area contributed by atoms with E-state index in [0.29, 0.717) is 26.1 Å². The van der Waals surface area contributed by atoms with E-state index in [9.17, 15) is 9.59 Å². The van der Waals surface area contributed by atoms with Crippen molar-refractivity contribution >= 4 is 11.9 Å². The Morgan fingerprint density at radius 3 is 0.854 bits per heavy atom. The Balaban J connectivity index is 3.52. The van der Waals surface area contributed by atoms with Gasteiger partial charge in [-0.1, -0.05) is 182 Å². The lowest BCUT2D eigenvalue weighted by Gasteiger charge is -2.23. The van der Waals surface area contributed by atoms with Crippen LogP contribution in [-0.4, -0.2) is 25.2 Å². The predicted octanol–water partition coefficient (Wildman–Crippen LogP) is 12.1. The first-order chi connectivity index (χ1) is 19.9. The molecule has 0 unspecified atom stereocenters. The van der Waals surface area contributed by atoms with Crippen molar-refractivity contribution in [2.75, 3.05) is 13.2 Å². The Morgan fingerprint density at radius 2 is 0.610 bits per heavy atom. The number of esters is 2. The van der Waals surface area contributed by atoms with Crippen LogP contribution in [-0.2, 0) is 19.1 Å². The fourth-order valence-electron chi connectivity index (χ4n) is 5.31. The van der Waals surface area contributed by atoms with E-state index in [2.05, 4.69) is 13.8 Å². The molecule has 0 atom stereocenters. The molecule has 0 amide bonds. The second-order valence-electron chi connectivity index (χ2n) is 13.5. The summed E-state index contributed by atoms with van der Waals surface area (Å²) in [5.41, 5.74) is -0.350. The van der Waals surface area contributed by atoms with Crippen LogP contribution in [0.1, 0.15) is 207 Å². The molecular weight excluding hydrogens is 508 g/mol. The Labute approximate surface area is 256 Å². The molecule has 0 aromatic rings. The van der Waals surface area contributed by atoms with Gasteiger partial charge in [-0.2, -0.15) is 0 Å². The maximum absolute atomic E-state index is 12.2. The summed E-state index contributed by atoms with van der Waals surface area (Å²) in [6.45, 7) is 9.12. The SMILES string of the molecule is CCCCCCCCCCCCCCCCCC(=O)OCC(C)(C)COC(=O)CCCCCCCCCCCCC. The minimum Gasteiger partial charge on any atom is -0.465 e. The first kappa shape index (κ1) is 39.9. The van der Waals surface area contributed by atoms with E-state index in [-0.39, 0.29) is 17.4 Å². The van der Waals surface area contributed by atoms with E-state index in [0.717, 1.165) is 25.7 Å². The zero-order valence-electron chi connectivity index (χ0n) is 28.3. The highest BCUT2D eigenvalue weighted by atomic mass is 16.5. The quantitative estimate of drug-likeness (QED) is 0.0586. The van der Waals surface area contributed by atoms with Crippen LogP contribution in [0.2, 0.25) is 0 Å². The second kappa shape index (κ2) is 30.4. The molecule has 0 N–H and O–H groups in total. The molecule has 4 heteroatoms. The summed E-state index contributed by atoms with van der Waals surface area (Å²) in [6.07, 6.45) is 34.8. The molecule has 0 bridgehead atoms. The van der Waals surface area contributed by atoms with Crippen molar-refractivity contribution < 1.29 is 19.1 Å². The number of carbonyl (C=O) groups is 2. The lowest BCUT2D eigenvalue weighted by atomic mass is 9.96. The van der Waals surface area contributed by atoms with Crippen molar-refractivity contribution in [2.24, 2.45) is 5.41 Å². The van der Waals surface area contributed by atoms with Crippen molar-refractivity contribution in [3.63, 3.8) is 0 Å². The second-order valence-corrected chi connectivity index (χ2v) is 13.5. The largest absolute Gasteiger partial charge is 0.465 e. The molecule has 4 nitrogen and oxygen atoms in total. The fourth-order valence-corrected chi connectivity index (χ4v) is 5.31. The molecule has 41 heavy (non-hydrogen) atoms. The maximum Gasteiger partial charge on any atom is 0.305 e. The van der Waals surface area contributed by atoms with Gasteiger partial charge in [0.15, 0.2) is 0 Å². The summed E-state index contributed by atoms with van der Waals surface area (Å²) < 4.78 is 11.0. The van der Waals surface area contributed by atoms with Crippen molar-refractivity contribution in [1.82, 2.24) is 0 Å². The van der Waals surface area contributed by atoms with Crippen LogP contribution in [0.25, 0.3) is 0 Å². The predicted molar refractivity (Wildman–Crippen MR) is 176 cm³/mol. The number of hydrogen-bond donors (Lipinski definition) is 0. The monoisotopic (exact) mass is 581 g/mol. The van der Waals surface area contributed by atoms with Gasteiger partial charge in [-0.05, 0) is 12.8 Å². The van der Waals surface area contributed by atoms with Gasteiger partial charge < -0.3 is 9.47 Å². The van der Waals surface area contributed by atoms with E-state index < -0.39 is 0 Å². The molecule has 0 aliphatic carbocycles. The zero-order valence-corrected chi connectivity index (χ0v) is 28.3. The molecule has 0 rings (SSSR count). The van der Waals surface area contributed by atoms with Crippen LogP contribution in [0.4, 0.5) is 0 Å². The first-order valence-corrected chi connectivity index (χ1v) is 18.2. The van der Waals surface area contributed by atoms with Crippen molar-refractivity contribution in [3.05, 3.63) is 0 Å². The third kappa shape index (κ3) is 31.7. The standard InChI is InChI=1S/C37H72O4/c1-5-7-9-11-13-15-17-18-19-20-22-24-26-28-30-32-36(39)41-34-37(3,4)33-40-35(38)31-29-27-25-23-21-16-14-12-10-8-6-2/h5-34H2,1-4H3. The lowest BCUT2D eigenvalue weighted by Crippen LogP contribution is -2.28. The van der Waals surface area contributed by atoms with E-state index in [1.807, 2.05) is 13.8 Å². The third-order valence-corrected chi connectivity index (χ3v) is 8.22. The Morgan fingerprint density at radius 1 is 0.390 bits per heavy atom. The summed E-state index contributed by atoms with van der Waals surface area (Å²) >= 11 is 0. The highest BCUT2D eigenvalue weighted by Crippen LogP contribution is 2.19. The van der Waals surface area contributed by atoms with Crippen LogP contribution in [0, 0.1) is 5.41 Å². The van der Waals surface area contributed by atoms with Crippen LogP contribution in [0.5, 0.6) is 0 Å². The van der Waals surface area contributed by atoms with Gasteiger partial charge in [0.25, 0.3) is 0 Å². The Kier molecular flexibility index (Phi) is 29.6. The van der Waals surface area contributed by atoms with E-state index in [1.54, 1.807) is 0 Å². The van der Waals surface area contributed by atoms with Gasteiger partial charge in [0.1, 0.15) is 0 Å². The van der Waals surface area contributed by atoms with Gasteiger partial charge in [-0.25, -0.2) is 0 Å². The normalized spacial score (nSPS) is 11.6. The molecular formula is C37H72O4. The van der Waals surface area contributed by atoms with Crippen molar-refractivity contribution in [1.29, 1.82) is 0 Å². The van der Waals surface area contributed by atoms with Gasteiger partial charge in [-0.15, -0.1) is 0 Å². The minimum atomic E-state index is -0.350. The fraction of sp³-hybridized carbons (Fsp3) is 0.946. The molecule has 0 aliphatic rings. The summed E-state index contributed by atoms with van der Waals surface area (Å²) in [6, 6.07) is 0. The van der Waals surface area contributed by atoms with Crippen molar-refractivity contribution in [3.8, 4) is 0 Å². The molecule has 0 heterocycles. The maximum atomic E-state index is 12.2.